The SMILES string of the molecule is COc1cc(Cl)c(C)cc1NC(=O)C(C)OC(=O)Cc1ccc(Br)cc1. The van der Waals surface area contributed by atoms with Gasteiger partial charge >= 0.3 is 5.97 Å². The highest BCUT2D eigenvalue weighted by Gasteiger charge is 2.20. The van der Waals surface area contributed by atoms with Gasteiger partial charge in [0.05, 0.1) is 19.2 Å². The Kier molecular flexibility index (Phi) is 7.06. The number of benzene rings is 2. The monoisotopic (exact) mass is 439 g/mol. The van der Waals surface area contributed by atoms with Crippen LogP contribution in [0.15, 0.2) is 40.9 Å². The van der Waals surface area contributed by atoms with Gasteiger partial charge in [-0.25, -0.2) is 0 Å². The third-order valence-corrected chi connectivity index (χ3v) is 4.61. The molecular weight excluding hydrogens is 422 g/mol. The molecule has 0 aromatic heterocycles. The molecule has 2 aromatic carbocycles. The molecule has 0 radical (unpaired) electrons. The summed E-state index contributed by atoms with van der Waals surface area (Å²) in [6.45, 7) is 3.34. The molecule has 2 aromatic rings. The van der Waals surface area contributed by atoms with E-state index < -0.39 is 18.0 Å². The lowest BCUT2D eigenvalue weighted by molar-refractivity contribution is -0.152. The minimum Gasteiger partial charge on any atom is -0.495 e. The molecule has 5 nitrogen and oxygen atoms in total. The van der Waals surface area contributed by atoms with E-state index in [1.807, 2.05) is 31.2 Å². The summed E-state index contributed by atoms with van der Waals surface area (Å²) in [5.74, 6) is -0.495. The standard InChI is InChI=1S/C19H19BrClNO4/c1-11-8-16(17(25-3)10-15(11)21)22-19(24)12(2)26-18(23)9-13-4-6-14(20)7-5-13/h4-8,10,12H,9H2,1-3H3,(H,22,24). The summed E-state index contributed by atoms with van der Waals surface area (Å²) < 4.78 is 11.4. The fourth-order valence-corrected chi connectivity index (χ4v) is 2.64. The molecule has 0 fully saturated rings. The predicted molar refractivity (Wildman–Crippen MR) is 105 cm³/mol. The highest BCUT2D eigenvalue weighted by atomic mass is 79.9. The highest BCUT2D eigenvalue weighted by Crippen LogP contribution is 2.31. The number of carbonyl (C=O) groups is 2. The molecule has 0 bridgehead atoms. The normalized spacial score (nSPS) is 11.6. The lowest BCUT2D eigenvalue weighted by Crippen LogP contribution is -2.30. The van der Waals surface area contributed by atoms with E-state index in [2.05, 4.69) is 21.2 Å². The molecule has 138 valence electrons. The van der Waals surface area contributed by atoms with Crippen LogP contribution in [0.4, 0.5) is 5.69 Å². The van der Waals surface area contributed by atoms with Crippen LogP contribution in [0.3, 0.4) is 0 Å². The molecule has 0 aliphatic carbocycles. The quantitative estimate of drug-likeness (QED) is 0.670. The van der Waals surface area contributed by atoms with Crippen molar-refractivity contribution in [1.29, 1.82) is 0 Å². The van der Waals surface area contributed by atoms with Gasteiger partial charge in [0, 0.05) is 15.6 Å². The van der Waals surface area contributed by atoms with Gasteiger partial charge in [-0.05, 0) is 43.2 Å². The molecule has 26 heavy (non-hydrogen) atoms. The number of rotatable bonds is 6. The van der Waals surface area contributed by atoms with E-state index in [1.165, 1.54) is 14.0 Å². The summed E-state index contributed by atoms with van der Waals surface area (Å²) in [6, 6.07) is 10.6. The second-order valence-corrected chi connectivity index (χ2v) is 7.05. The molecule has 2 rings (SSSR count). The Balaban J connectivity index is 1.98. The summed E-state index contributed by atoms with van der Waals surface area (Å²) in [6.07, 6.45) is -0.854. The molecule has 0 aliphatic heterocycles. The topological polar surface area (TPSA) is 64.6 Å². The van der Waals surface area contributed by atoms with E-state index >= 15 is 0 Å². The molecule has 0 heterocycles. The molecule has 1 N–H and O–H groups in total. The number of methoxy groups -OCH3 is 1. The summed E-state index contributed by atoms with van der Waals surface area (Å²) in [4.78, 5) is 24.4. The van der Waals surface area contributed by atoms with E-state index in [0.29, 0.717) is 16.5 Å². The number of esters is 1. The van der Waals surface area contributed by atoms with Crippen molar-refractivity contribution in [2.75, 3.05) is 12.4 Å². The number of nitrogens with one attached hydrogen (secondary N) is 1. The maximum Gasteiger partial charge on any atom is 0.311 e. The lowest BCUT2D eigenvalue weighted by Gasteiger charge is -2.16. The van der Waals surface area contributed by atoms with Crippen LogP contribution in [0, 0.1) is 6.92 Å². The number of amides is 1. The first kappa shape index (κ1) is 20.3. The lowest BCUT2D eigenvalue weighted by atomic mass is 10.1. The smallest absolute Gasteiger partial charge is 0.311 e. The second-order valence-electron chi connectivity index (χ2n) is 5.73. The zero-order valence-electron chi connectivity index (χ0n) is 14.6. The Bertz CT molecular complexity index is 808. The van der Waals surface area contributed by atoms with Crippen molar-refractivity contribution >= 4 is 45.1 Å². The van der Waals surface area contributed by atoms with Gasteiger partial charge < -0.3 is 14.8 Å². The molecular formula is C19H19BrClNO4. The van der Waals surface area contributed by atoms with Crippen molar-refractivity contribution in [1.82, 2.24) is 0 Å². The fraction of sp³-hybridized carbons (Fsp3) is 0.263. The Hall–Kier alpha value is -2.05. The largest absolute Gasteiger partial charge is 0.495 e. The van der Waals surface area contributed by atoms with Crippen LogP contribution < -0.4 is 10.1 Å². The summed E-state index contributed by atoms with van der Waals surface area (Å²) in [5, 5.41) is 3.24. The highest BCUT2D eigenvalue weighted by molar-refractivity contribution is 9.10. The average Bonchev–Trinajstić information content (AvgIpc) is 2.59. The number of ether oxygens (including phenoxy) is 2. The minimum atomic E-state index is -0.946. The first-order valence-corrected chi connectivity index (χ1v) is 9.06. The van der Waals surface area contributed by atoms with Crippen molar-refractivity contribution in [2.45, 2.75) is 26.4 Å². The molecule has 1 unspecified atom stereocenters. The van der Waals surface area contributed by atoms with E-state index in [4.69, 9.17) is 21.1 Å². The molecule has 0 spiro atoms. The maximum atomic E-state index is 12.3. The van der Waals surface area contributed by atoms with Crippen LogP contribution in [-0.2, 0) is 20.7 Å². The van der Waals surface area contributed by atoms with E-state index in [0.717, 1.165) is 15.6 Å². The van der Waals surface area contributed by atoms with E-state index in [-0.39, 0.29) is 6.42 Å². The third kappa shape index (κ3) is 5.47. The maximum absolute atomic E-state index is 12.3. The molecule has 1 atom stereocenters. The van der Waals surface area contributed by atoms with Crippen LogP contribution in [0.25, 0.3) is 0 Å². The number of hydrogen-bond acceptors (Lipinski definition) is 4. The van der Waals surface area contributed by atoms with Gasteiger partial charge in [0.1, 0.15) is 5.75 Å². The first-order valence-electron chi connectivity index (χ1n) is 7.89. The van der Waals surface area contributed by atoms with E-state index in [9.17, 15) is 9.59 Å². The van der Waals surface area contributed by atoms with Gasteiger partial charge in [0.2, 0.25) is 0 Å². The minimum absolute atomic E-state index is 0.0915. The zero-order valence-corrected chi connectivity index (χ0v) is 17.0. The number of halogens is 2. The zero-order chi connectivity index (χ0) is 19.3. The van der Waals surface area contributed by atoms with Crippen LogP contribution in [0.2, 0.25) is 5.02 Å². The average molecular weight is 441 g/mol. The fourth-order valence-electron chi connectivity index (χ4n) is 2.23. The van der Waals surface area contributed by atoms with Crippen molar-refractivity contribution in [2.24, 2.45) is 0 Å². The predicted octanol–water partition coefficient (Wildman–Crippen LogP) is 4.53. The van der Waals surface area contributed by atoms with Gasteiger partial charge in [0.15, 0.2) is 6.10 Å². The number of carbonyl (C=O) groups excluding carboxylic acids is 2. The second kappa shape index (κ2) is 9.05. The van der Waals surface area contributed by atoms with Crippen LogP contribution in [0.5, 0.6) is 5.75 Å². The first-order chi connectivity index (χ1) is 12.3. The van der Waals surface area contributed by atoms with Gasteiger partial charge in [0.25, 0.3) is 5.91 Å². The van der Waals surface area contributed by atoms with Crippen LogP contribution in [0.1, 0.15) is 18.1 Å². The summed E-state index contributed by atoms with van der Waals surface area (Å²) in [7, 11) is 1.48. The Morgan fingerprint density at radius 2 is 1.88 bits per heavy atom. The number of anilines is 1. The summed E-state index contributed by atoms with van der Waals surface area (Å²) in [5.41, 5.74) is 2.07. The molecule has 7 heteroatoms. The van der Waals surface area contributed by atoms with Gasteiger partial charge in [-0.15, -0.1) is 0 Å². The van der Waals surface area contributed by atoms with Gasteiger partial charge in [-0.1, -0.05) is 39.7 Å². The van der Waals surface area contributed by atoms with Crippen molar-refractivity contribution in [3.63, 3.8) is 0 Å². The van der Waals surface area contributed by atoms with Gasteiger partial charge in [-0.3, -0.25) is 9.59 Å². The van der Waals surface area contributed by atoms with Gasteiger partial charge in [-0.2, -0.15) is 0 Å². The number of aryl methyl sites for hydroxylation is 1. The van der Waals surface area contributed by atoms with E-state index in [1.54, 1.807) is 12.1 Å². The van der Waals surface area contributed by atoms with Crippen LogP contribution >= 0.6 is 27.5 Å². The molecule has 0 aliphatic rings. The molecule has 0 saturated heterocycles. The Labute approximate surface area is 165 Å². The molecule has 0 saturated carbocycles. The number of hydrogen-bond donors (Lipinski definition) is 1. The molecule has 1 amide bonds. The van der Waals surface area contributed by atoms with Crippen LogP contribution in [-0.4, -0.2) is 25.1 Å². The Morgan fingerprint density at radius 1 is 1.23 bits per heavy atom. The third-order valence-electron chi connectivity index (χ3n) is 3.68. The van der Waals surface area contributed by atoms with Crippen molar-refractivity contribution in [3.05, 3.63) is 57.0 Å². The Morgan fingerprint density at radius 3 is 2.50 bits per heavy atom. The van der Waals surface area contributed by atoms with Crippen molar-refractivity contribution < 1.29 is 19.1 Å². The van der Waals surface area contributed by atoms with Crippen molar-refractivity contribution in [3.8, 4) is 5.75 Å². The summed E-state index contributed by atoms with van der Waals surface area (Å²) >= 11 is 9.39.